The summed E-state index contributed by atoms with van der Waals surface area (Å²) in [7, 11) is 2.10. The van der Waals surface area contributed by atoms with E-state index in [9.17, 15) is 4.79 Å². The van der Waals surface area contributed by atoms with Crippen LogP contribution in [0, 0.1) is 0 Å². The number of nitrogens with zero attached hydrogens (tertiary/aromatic N) is 1. The van der Waals surface area contributed by atoms with E-state index in [1.807, 2.05) is 6.07 Å². The number of amides is 1. The predicted octanol–water partition coefficient (Wildman–Crippen LogP) is 1.39. The van der Waals surface area contributed by atoms with Crippen molar-refractivity contribution in [3.8, 4) is 0 Å². The molecule has 0 fully saturated rings. The molecule has 1 aliphatic heterocycles. The minimum Gasteiger partial charge on any atom is -0.329 e. The van der Waals surface area contributed by atoms with Crippen molar-refractivity contribution < 1.29 is 4.79 Å². The second-order valence-corrected chi connectivity index (χ2v) is 5.90. The van der Waals surface area contributed by atoms with Crippen molar-refractivity contribution in [2.45, 2.75) is 32.2 Å². The Labute approximate surface area is 115 Å². The first-order valence-electron chi connectivity index (χ1n) is 6.75. The molecule has 1 amide bonds. The molecule has 0 bridgehead atoms. The van der Waals surface area contributed by atoms with Crippen molar-refractivity contribution in [1.82, 2.24) is 4.90 Å². The van der Waals surface area contributed by atoms with E-state index >= 15 is 0 Å². The molecule has 0 aromatic heterocycles. The number of hydrogen-bond donors (Lipinski definition) is 2. The van der Waals surface area contributed by atoms with Crippen LogP contribution in [0.1, 0.15) is 25.0 Å². The molecule has 1 heterocycles. The van der Waals surface area contributed by atoms with Gasteiger partial charge in [0, 0.05) is 24.3 Å². The fourth-order valence-corrected chi connectivity index (χ4v) is 2.19. The number of nitrogens with two attached hydrogens (primary N) is 1. The molecule has 3 N–H and O–H groups in total. The van der Waals surface area contributed by atoms with E-state index in [0.717, 1.165) is 24.2 Å². The first kappa shape index (κ1) is 14.0. The molecule has 1 aliphatic rings. The zero-order chi connectivity index (χ0) is 14.0. The van der Waals surface area contributed by atoms with Gasteiger partial charge in [0.25, 0.3) is 0 Å². The van der Waals surface area contributed by atoms with Crippen molar-refractivity contribution in [3.05, 3.63) is 29.3 Å². The van der Waals surface area contributed by atoms with Gasteiger partial charge in [-0.05, 0) is 44.5 Å². The average molecular weight is 261 g/mol. The van der Waals surface area contributed by atoms with Crippen LogP contribution in [0.3, 0.4) is 0 Å². The minimum absolute atomic E-state index is 0.0221. The maximum atomic E-state index is 11.3. The Morgan fingerprint density at radius 1 is 1.42 bits per heavy atom. The molecule has 0 spiro atoms. The van der Waals surface area contributed by atoms with Gasteiger partial charge in [0.1, 0.15) is 0 Å². The van der Waals surface area contributed by atoms with Crippen LogP contribution in [0.4, 0.5) is 5.69 Å². The van der Waals surface area contributed by atoms with E-state index in [2.05, 4.69) is 43.2 Å². The summed E-state index contributed by atoms with van der Waals surface area (Å²) in [5.74, 6) is 0.0912. The zero-order valence-electron chi connectivity index (χ0n) is 12.0. The Morgan fingerprint density at radius 2 is 2.16 bits per heavy atom. The molecule has 4 heteroatoms. The number of anilines is 1. The molecule has 0 unspecified atom stereocenters. The standard InChI is InChI=1S/C15H23N3O/c1-15(2,10-16)18(3)7-6-11-4-5-13-12(8-11)9-14(19)17-13/h4-5,8H,6-7,9-10,16H2,1-3H3,(H,17,19). The highest BCUT2D eigenvalue weighted by Gasteiger charge is 2.21. The third kappa shape index (κ3) is 3.14. The fourth-order valence-electron chi connectivity index (χ4n) is 2.19. The van der Waals surface area contributed by atoms with Gasteiger partial charge in [0.05, 0.1) is 6.42 Å². The van der Waals surface area contributed by atoms with Crippen LogP contribution >= 0.6 is 0 Å². The lowest BCUT2D eigenvalue weighted by molar-refractivity contribution is -0.115. The SMILES string of the molecule is CN(CCc1ccc2c(c1)CC(=O)N2)C(C)(C)CN. The first-order chi connectivity index (χ1) is 8.92. The van der Waals surface area contributed by atoms with Crippen LogP contribution < -0.4 is 11.1 Å². The first-order valence-corrected chi connectivity index (χ1v) is 6.75. The van der Waals surface area contributed by atoms with Gasteiger partial charge in [0.2, 0.25) is 5.91 Å². The number of fused-ring (bicyclic) bond motifs is 1. The summed E-state index contributed by atoms with van der Waals surface area (Å²) in [6.07, 6.45) is 1.48. The van der Waals surface area contributed by atoms with Crippen LogP contribution in [-0.4, -0.2) is 36.5 Å². The zero-order valence-corrected chi connectivity index (χ0v) is 12.0. The van der Waals surface area contributed by atoms with Crippen molar-refractivity contribution in [2.24, 2.45) is 5.73 Å². The number of nitrogens with one attached hydrogen (secondary N) is 1. The Hall–Kier alpha value is -1.39. The van der Waals surface area contributed by atoms with Gasteiger partial charge < -0.3 is 11.1 Å². The molecule has 2 rings (SSSR count). The summed E-state index contributed by atoms with van der Waals surface area (Å²) < 4.78 is 0. The Kier molecular flexibility index (Phi) is 3.92. The van der Waals surface area contributed by atoms with E-state index in [1.165, 1.54) is 5.56 Å². The van der Waals surface area contributed by atoms with Crippen LogP contribution in [-0.2, 0) is 17.6 Å². The lowest BCUT2D eigenvalue weighted by Gasteiger charge is -2.34. The lowest BCUT2D eigenvalue weighted by atomic mass is 10.0. The van der Waals surface area contributed by atoms with Crippen LogP contribution in [0.25, 0.3) is 0 Å². The van der Waals surface area contributed by atoms with Crippen molar-refractivity contribution in [3.63, 3.8) is 0 Å². The number of hydrogen-bond acceptors (Lipinski definition) is 3. The van der Waals surface area contributed by atoms with Gasteiger partial charge in [0.15, 0.2) is 0 Å². The van der Waals surface area contributed by atoms with Gasteiger partial charge >= 0.3 is 0 Å². The van der Waals surface area contributed by atoms with Gasteiger partial charge in [-0.2, -0.15) is 0 Å². The maximum absolute atomic E-state index is 11.3. The Balaban J connectivity index is 1.98. The summed E-state index contributed by atoms with van der Waals surface area (Å²) >= 11 is 0. The van der Waals surface area contributed by atoms with Crippen LogP contribution in [0.15, 0.2) is 18.2 Å². The molecule has 19 heavy (non-hydrogen) atoms. The monoisotopic (exact) mass is 261 g/mol. The normalized spacial score (nSPS) is 14.7. The summed E-state index contributed by atoms with van der Waals surface area (Å²) in [5, 5.41) is 2.86. The fraction of sp³-hybridized carbons (Fsp3) is 0.533. The van der Waals surface area contributed by atoms with Crippen molar-refractivity contribution in [1.29, 1.82) is 0 Å². The highest BCUT2D eigenvalue weighted by Crippen LogP contribution is 2.24. The number of rotatable bonds is 5. The molecule has 0 aliphatic carbocycles. The van der Waals surface area contributed by atoms with E-state index in [0.29, 0.717) is 13.0 Å². The van der Waals surface area contributed by atoms with Gasteiger partial charge in [-0.15, -0.1) is 0 Å². The average Bonchev–Trinajstić information content (AvgIpc) is 2.74. The quantitative estimate of drug-likeness (QED) is 0.842. The molecular weight excluding hydrogens is 238 g/mol. The molecular formula is C15H23N3O. The maximum Gasteiger partial charge on any atom is 0.228 e. The third-order valence-corrected chi connectivity index (χ3v) is 4.06. The molecule has 104 valence electrons. The Bertz CT molecular complexity index is 482. The summed E-state index contributed by atoms with van der Waals surface area (Å²) in [5.41, 5.74) is 9.15. The summed E-state index contributed by atoms with van der Waals surface area (Å²) in [6, 6.07) is 6.23. The number of likely N-dealkylation sites (N-methyl/N-ethyl adjacent to an activating group) is 1. The van der Waals surface area contributed by atoms with Crippen LogP contribution in [0.5, 0.6) is 0 Å². The lowest BCUT2D eigenvalue weighted by Crippen LogP contribution is -2.47. The second-order valence-electron chi connectivity index (χ2n) is 5.90. The Morgan fingerprint density at radius 3 is 2.84 bits per heavy atom. The number of carbonyl (C=O) groups excluding carboxylic acids is 1. The minimum atomic E-state index is 0.0221. The molecule has 0 saturated carbocycles. The van der Waals surface area contributed by atoms with Gasteiger partial charge in [-0.1, -0.05) is 12.1 Å². The van der Waals surface area contributed by atoms with E-state index in [-0.39, 0.29) is 11.4 Å². The molecule has 1 aromatic rings. The van der Waals surface area contributed by atoms with E-state index < -0.39 is 0 Å². The van der Waals surface area contributed by atoms with Crippen molar-refractivity contribution >= 4 is 11.6 Å². The van der Waals surface area contributed by atoms with Crippen LogP contribution in [0.2, 0.25) is 0 Å². The summed E-state index contributed by atoms with van der Waals surface area (Å²) in [6.45, 7) is 5.91. The molecule has 1 aromatic carbocycles. The third-order valence-electron chi connectivity index (χ3n) is 4.06. The van der Waals surface area contributed by atoms with E-state index in [1.54, 1.807) is 0 Å². The van der Waals surface area contributed by atoms with Crippen molar-refractivity contribution in [2.75, 3.05) is 25.5 Å². The molecule has 0 atom stereocenters. The number of carbonyl (C=O) groups is 1. The molecule has 0 saturated heterocycles. The second kappa shape index (κ2) is 5.31. The smallest absolute Gasteiger partial charge is 0.228 e. The summed E-state index contributed by atoms with van der Waals surface area (Å²) in [4.78, 5) is 13.6. The topological polar surface area (TPSA) is 58.4 Å². The highest BCUT2D eigenvalue weighted by atomic mass is 16.1. The van der Waals surface area contributed by atoms with Gasteiger partial charge in [-0.25, -0.2) is 0 Å². The highest BCUT2D eigenvalue weighted by molar-refractivity contribution is 5.99. The molecule has 0 radical (unpaired) electrons. The largest absolute Gasteiger partial charge is 0.329 e. The van der Waals surface area contributed by atoms with E-state index in [4.69, 9.17) is 5.73 Å². The predicted molar refractivity (Wildman–Crippen MR) is 78.2 cm³/mol. The van der Waals surface area contributed by atoms with Gasteiger partial charge in [-0.3, -0.25) is 9.69 Å². The molecule has 4 nitrogen and oxygen atoms in total. The number of benzene rings is 1.